The predicted octanol–water partition coefficient (Wildman–Crippen LogP) is 4.27. The molecule has 3 fully saturated rings. The van der Waals surface area contributed by atoms with E-state index < -0.39 is 0 Å². The fourth-order valence-electron chi connectivity index (χ4n) is 4.91. The van der Waals surface area contributed by atoms with Crippen molar-refractivity contribution < 1.29 is 0 Å². The molecule has 0 nitrogen and oxygen atoms in total. The van der Waals surface area contributed by atoms with Crippen molar-refractivity contribution in [3.63, 3.8) is 0 Å². The third-order valence-electron chi connectivity index (χ3n) is 5.75. The van der Waals surface area contributed by atoms with Crippen LogP contribution in [0.25, 0.3) is 0 Å². The molecule has 0 spiro atoms. The average molecular weight is 204 g/mol. The molecule has 15 heavy (non-hydrogen) atoms. The first-order valence-corrected chi connectivity index (χ1v) is 6.69. The fourth-order valence-corrected chi connectivity index (χ4v) is 4.91. The molecule has 3 aliphatic carbocycles. The Morgan fingerprint density at radius 2 is 2.00 bits per heavy atom. The summed E-state index contributed by atoms with van der Waals surface area (Å²) in [6.07, 6.45) is 5.66. The van der Waals surface area contributed by atoms with Gasteiger partial charge in [-0.05, 0) is 60.7 Å². The Bertz CT molecular complexity index is 299. The number of hydrogen-bond donors (Lipinski definition) is 0. The first kappa shape index (κ1) is 9.93. The second kappa shape index (κ2) is 2.90. The summed E-state index contributed by atoms with van der Waals surface area (Å²) >= 11 is 0. The van der Waals surface area contributed by atoms with Crippen molar-refractivity contribution >= 4 is 0 Å². The van der Waals surface area contributed by atoms with Crippen molar-refractivity contribution in [2.45, 2.75) is 46.5 Å². The van der Waals surface area contributed by atoms with Gasteiger partial charge in [0.2, 0.25) is 0 Å². The largest absolute Gasteiger partial charge is 0.0996 e. The molecule has 0 aromatic carbocycles. The van der Waals surface area contributed by atoms with E-state index in [1.807, 2.05) is 0 Å². The molecule has 3 rings (SSSR count). The third-order valence-corrected chi connectivity index (χ3v) is 5.75. The standard InChI is InChI=1S/C15H24/c1-9-7-11-10(2)5-6-13-14(12(11)8-9)15(13,3)4/h9,11-14H,2,5-8H2,1,3-4H3. The van der Waals surface area contributed by atoms with E-state index in [4.69, 9.17) is 0 Å². The van der Waals surface area contributed by atoms with Crippen molar-refractivity contribution in [3.05, 3.63) is 12.2 Å². The Morgan fingerprint density at radius 1 is 1.27 bits per heavy atom. The SMILES string of the molecule is C=C1CCC2C(C3CC(C)CC13)C2(C)C. The maximum Gasteiger partial charge on any atom is -0.0172 e. The summed E-state index contributed by atoms with van der Waals surface area (Å²) in [6.45, 7) is 11.8. The molecule has 0 saturated heterocycles. The number of hydrogen-bond acceptors (Lipinski definition) is 0. The summed E-state index contributed by atoms with van der Waals surface area (Å²) in [7, 11) is 0. The summed E-state index contributed by atoms with van der Waals surface area (Å²) in [6, 6.07) is 0. The monoisotopic (exact) mass is 204 g/mol. The van der Waals surface area contributed by atoms with Crippen LogP contribution >= 0.6 is 0 Å². The number of rotatable bonds is 0. The van der Waals surface area contributed by atoms with Gasteiger partial charge in [-0.15, -0.1) is 0 Å². The van der Waals surface area contributed by atoms with Gasteiger partial charge in [0.15, 0.2) is 0 Å². The molecule has 0 aromatic rings. The average Bonchev–Trinajstić information content (AvgIpc) is 2.54. The van der Waals surface area contributed by atoms with Crippen LogP contribution in [-0.2, 0) is 0 Å². The minimum absolute atomic E-state index is 0.660. The zero-order valence-electron chi connectivity index (χ0n) is 10.4. The van der Waals surface area contributed by atoms with Crippen LogP contribution < -0.4 is 0 Å². The van der Waals surface area contributed by atoms with Crippen molar-refractivity contribution in [1.82, 2.24) is 0 Å². The van der Waals surface area contributed by atoms with Crippen LogP contribution in [-0.4, -0.2) is 0 Å². The fraction of sp³-hybridized carbons (Fsp3) is 0.867. The summed E-state index contributed by atoms with van der Waals surface area (Å²) in [5, 5.41) is 0. The summed E-state index contributed by atoms with van der Waals surface area (Å²) in [5.41, 5.74) is 2.25. The maximum absolute atomic E-state index is 4.35. The molecule has 3 saturated carbocycles. The van der Waals surface area contributed by atoms with Crippen LogP contribution in [0.2, 0.25) is 0 Å². The highest BCUT2D eigenvalue weighted by Crippen LogP contribution is 2.70. The lowest BCUT2D eigenvalue weighted by molar-refractivity contribution is 0.337. The molecule has 5 atom stereocenters. The van der Waals surface area contributed by atoms with Gasteiger partial charge in [-0.3, -0.25) is 0 Å². The van der Waals surface area contributed by atoms with Crippen molar-refractivity contribution in [3.8, 4) is 0 Å². The maximum atomic E-state index is 4.35. The molecule has 5 unspecified atom stereocenters. The summed E-state index contributed by atoms with van der Waals surface area (Å²) in [5.74, 6) is 4.89. The second-order valence-corrected chi connectivity index (χ2v) is 7.00. The van der Waals surface area contributed by atoms with Crippen LogP contribution in [0.3, 0.4) is 0 Å². The van der Waals surface area contributed by atoms with Crippen LogP contribution in [0.1, 0.15) is 46.5 Å². The Morgan fingerprint density at radius 3 is 2.73 bits per heavy atom. The number of allylic oxidation sites excluding steroid dienone is 1. The van der Waals surface area contributed by atoms with Gasteiger partial charge in [-0.1, -0.05) is 32.9 Å². The highest BCUT2D eigenvalue weighted by molar-refractivity contribution is 5.19. The molecule has 0 heteroatoms. The van der Waals surface area contributed by atoms with E-state index in [0.717, 1.165) is 29.6 Å². The van der Waals surface area contributed by atoms with Gasteiger partial charge in [-0.25, -0.2) is 0 Å². The van der Waals surface area contributed by atoms with E-state index in [0.29, 0.717) is 5.41 Å². The van der Waals surface area contributed by atoms with Gasteiger partial charge in [0, 0.05) is 0 Å². The summed E-state index contributed by atoms with van der Waals surface area (Å²) < 4.78 is 0. The minimum atomic E-state index is 0.660. The second-order valence-electron chi connectivity index (χ2n) is 7.00. The zero-order chi connectivity index (χ0) is 10.8. The van der Waals surface area contributed by atoms with E-state index in [2.05, 4.69) is 27.4 Å². The molecule has 3 aliphatic rings. The third kappa shape index (κ3) is 1.26. The van der Waals surface area contributed by atoms with Gasteiger partial charge in [0.1, 0.15) is 0 Å². The van der Waals surface area contributed by atoms with Gasteiger partial charge >= 0.3 is 0 Å². The Kier molecular flexibility index (Phi) is 1.92. The molecular formula is C15H24. The van der Waals surface area contributed by atoms with Gasteiger partial charge in [-0.2, -0.15) is 0 Å². The van der Waals surface area contributed by atoms with Crippen molar-refractivity contribution in [2.75, 3.05) is 0 Å². The summed E-state index contributed by atoms with van der Waals surface area (Å²) in [4.78, 5) is 0. The van der Waals surface area contributed by atoms with E-state index in [9.17, 15) is 0 Å². The Balaban J connectivity index is 1.89. The lowest BCUT2D eigenvalue weighted by Gasteiger charge is -2.22. The van der Waals surface area contributed by atoms with Crippen LogP contribution in [0.4, 0.5) is 0 Å². The molecule has 0 heterocycles. The van der Waals surface area contributed by atoms with Gasteiger partial charge in [0.05, 0.1) is 0 Å². The van der Waals surface area contributed by atoms with E-state index in [1.54, 1.807) is 5.57 Å². The highest BCUT2D eigenvalue weighted by atomic mass is 14.7. The molecule has 0 aromatic heterocycles. The van der Waals surface area contributed by atoms with Crippen LogP contribution in [0.15, 0.2) is 12.2 Å². The number of fused-ring (bicyclic) bond motifs is 3. The lowest BCUT2D eigenvalue weighted by Crippen LogP contribution is -2.14. The van der Waals surface area contributed by atoms with Crippen molar-refractivity contribution in [2.24, 2.45) is 35.0 Å². The van der Waals surface area contributed by atoms with Crippen LogP contribution in [0, 0.1) is 35.0 Å². The molecule has 84 valence electrons. The molecule has 0 N–H and O–H groups in total. The smallest absolute Gasteiger partial charge is 0.0172 e. The molecule has 0 aliphatic heterocycles. The normalized spacial score (nSPS) is 51.9. The lowest BCUT2D eigenvalue weighted by atomic mass is 9.83. The molecule has 0 bridgehead atoms. The van der Waals surface area contributed by atoms with Gasteiger partial charge < -0.3 is 0 Å². The van der Waals surface area contributed by atoms with Crippen molar-refractivity contribution in [1.29, 1.82) is 0 Å². The van der Waals surface area contributed by atoms with E-state index in [1.165, 1.54) is 25.7 Å². The van der Waals surface area contributed by atoms with Gasteiger partial charge in [0.25, 0.3) is 0 Å². The van der Waals surface area contributed by atoms with E-state index in [-0.39, 0.29) is 0 Å². The Labute approximate surface area is 94.1 Å². The Hall–Kier alpha value is -0.260. The first-order valence-electron chi connectivity index (χ1n) is 6.69. The molecule has 0 radical (unpaired) electrons. The zero-order valence-corrected chi connectivity index (χ0v) is 10.4. The molecule has 0 amide bonds. The first-order chi connectivity index (χ1) is 7.01. The van der Waals surface area contributed by atoms with Crippen LogP contribution in [0.5, 0.6) is 0 Å². The predicted molar refractivity (Wildman–Crippen MR) is 64.5 cm³/mol. The van der Waals surface area contributed by atoms with E-state index >= 15 is 0 Å². The topological polar surface area (TPSA) is 0 Å². The quantitative estimate of drug-likeness (QED) is 0.517. The highest BCUT2D eigenvalue weighted by Gasteiger charge is 2.63. The minimum Gasteiger partial charge on any atom is -0.0996 e. The molecular weight excluding hydrogens is 180 g/mol.